The Bertz CT molecular complexity index is 384. The van der Waals surface area contributed by atoms with Crippen molar-refractivity contribution in [1.29, 1.82) is 0 Å². The molecule has 1 saturated heterocycles. The van der Waals surface area contributed by atoms with Gasteiger partial charge in [0.05, 0.1) is 24.2 Å². The predicted octanol–water partition coefficient (Wildman–Crippen LogP) is 2.80. The second kappa shape index (κ2) is 7.92. The van der Waals surface area contributed by atoms with Gasteiger partial charge in [-0.2, -0.15) is 0 Å². The third-order valence-electron chi connectivity index (χ3n) is 3.52. The molecule has 1 heterocycles. The molecule has 128 valence electrons. The predicted molar refractivity (Wildman–Crippen MR) is 82.2 cm³/mol. The van der Waals surface area contributed by atoms with Gasteiger partial charge < -0.3 is 14.2 Å². The molecule has 0 bridgehead atoms. The quantitative estimate of drug-likeness (QED) is 0.676. The lowest BCUT2D eigenvalue weighted by molar-refractivity contribution is -0.207. The summed E-state index contributed by atoms with van der Waals surface area (Å²) in [4.78, 5) is 25.9. The van der Waals surface area contributed by atoms with Crippen molar-refractivity contribution in [2.24, 2.45) is 11.8 Å². The summed E-state index contributed by atoms with van der Waals surface area (Å²) >= 11 is 0. The van der Waals surface area contributed by atoms with Crippen LogP contribution in [0.15, 0.2) is 0 Å². The monoisotopic (exact) mass is 315 g/mol. The van der Waals surface area contributed by atoms with E-state index in [0.717, 1.165) is 0 Å². The molecule has 0 aromatic rings. The van der Waals surface area contributed by atoms with Gasteiger partial charge in [0.1, 0.15) is 6.61 Å². The number of cyclic esters (lactones) is 1. The van der Waals surface area contributed by atoms with Crippen LogP contribution >= 0.6 is 0 Å². The maximum atomic E-state index is 12.7. The molecule has 0 aromatic heterocycles. The highest BCUT2D eigenvalue weighted by Crippen LogP contribution is 2.24. The molecule has 0 aliphatic carbocycles. The van der Waals surface area contributed by atoms with Gasteiger partial charge in [-0.1, -0.05) is 13.8 Å². The first-order valence-corrected chi connectivity index (χ1v) is 7.95. The van der Waals surface area contributed by atoms with Crippen LogP contribution in [0, 0.1) is 11.8 Å². The van der Waals surface area contributed by atoms with Gasteiger partial charge in [0.15, 0.2) is 6.29 Å². The van der Waals surface area contributed by atoms with E-state index in [0.29, 0.717) is 0 Å². The van der Waals surface area contributed by atoms with Gasteiger partial charge in [0.25, 0.3) is 0 Å². The van der Waals surface area contributed by atoms with Crippen molar-refractivity contribution in [2.45, 2.75) is 73.0 Å². The Morgan fingerprint density at radius 3 is 2.00 bits per heavy atom. The minimum absolute atomic E-state index is 0.0783. The fraction of sp³-hybridized carbons (Fsp3) is 0.875. The summed E-state index contributed by atoms with van der Waals surface area (Å²) in [7, 11) is 0. The fourth-order valence-electron chi connectivity index (χ4n) is 2.32. The molecule has 1 rings (SSSR count). The minimum atomic E-state index is -0.686. The second-order valence-corrected chi connectivity index (χ2v) is 6.62. The Balaban J connectivity index is 2.89. The maximum Gasteiger partial charge on any atom is 0.416 e. The van der Waals surface area contributed by atoms with Crippen LogP contribution in [0.1, 0.15) is 48.5 Å². The molecule has 22 heavy (non-hydrogen) atoms. The number of amides is 2. The van der Waals surface area contributed by atoms with Crippen molar-refractivity contribution in [3.8, 4) is 0 Å². The van der Waals surface area contributed by atoms with Gasteiger partial charge in [-0.25, -0.2) is 9.69 Å². The largest absolute Gasteiger partial charge is 0.447 e. The number of ether oxygens (including phenoxy) is 3. The maximum absolute atomic E-state index is 12.7. The summed E-state index contributed by atoms with van der Waals surface area (Å²) < 4.78 is 16.5. The third kappa shape index (κ3) is 4.68. The van der Waals surface area contributed by atoms with Crippen molar-refractivity contribution in [3.63, 3.8) is 0 Å². The van der Waals surface area contributed by atoms with E-state index < -0.39 is 18.3 Å². The topological polar surface area (TPSA) is 65.1 Å². The summed E-state index contributed by atoms with van der Waals surface area (Å²) in [6.45, 7) is 13.4. The number of hydrogen-bond acceptors (Lipinski definition) is 5. The lowest BCUT2D eigenvalue weighted by Gasteiger charge is -2.31. The van der Waals surface area contributed by atoms with E-state index in [1.54, 1.807) is 6.92 Å². The number of carbonyl (C=O) groups excluding carboxylic acids is 2. The van der Waals surface area contributed by atoms with Crippen LogP contribution in [0.4, 0.5) is 4.79 Å². The van der Waals surface area contributed by atoms with Crippen LogP contribution in [-0.2, 0) is 19.0 Å². The van der Waals surface area contributed by atoms with Gasteiger partial charge >= 0.3 is 6.09 Å². The third-order valence-corrected chi connectivity index (χ3v) is 3.52. The second-order valence-electron chi connectivity index (χ2n) is 6.62. The van der Waals surface area contributed by atoms with Crippen LogP contribution < -0.4 is 0 Å². The standard InChI is InChI=1S/C16H29NO5/c1-9(2)13-8-20-16(19)17(13)14(18)12(7)15(21-10(3)4)22-11(5)6/h9-13,15H,8H2,1-7H3/t12-,13-/m1/s1. The lowest BCUT2D eigenvalue weighted by Crippen LogP contribution is -2.48. The van der Waals surface area contributed by atoms with E-state index in [1.807, 2.05) is 41.5 Å². The zero-order valence-electron chi connectivity index (χ0n) is 14.7. The Morgan fingerprint density at radius 2 is 1.59 bits per heavy atom. The lowest BCUT2D eigenvalue weighted by atomic mass is 10.0. The van der Waals surface area contributed by atoms with Gasteiger partial charge in [-0.05, 0) is 40.5 Å². The molecule has 1 aliphatic rings. The molecule has 2 atom stereocenters. The normalized spacial score (nSPS) is 20.4. The highest BCUT2D eigenvalue weighted by molar-refractivity contribution is 5.94. The van der Waals surface area contributed by atoms with Crippen LogP contribution in [0.5, 0.6) is 0 Å². The van der Waals surface area contributed by atoms with Crippen molar-refractivity contribution in [3.05, 3.63) is 0 Å². The summed E-state index contributed by atoms with van der Waals surface area (Å²) in [5.41, 5.74) is 0. The Labute approximate surface area is 133 Å². The van der Waals surface area contributed by atoms with Crippen molar-refractivity contribution in [1.82, 2.24) is 4.90 Å². The highest BCUT2D eigenvalue weighted by atomic mass is 16.7. The molecule has 0 radical (unpaired) electrons. The van der Waals surface area contributed by atoms with Crippen LogP contribution in [0.3, 0.4) is 0 Å². The molecule has 0 N–H and O–H groups in total. The smallest absolute Gasteiger partial charge is 0.416 e. The van der Waals surface area contributed by atoms with Crippen molar-refractivity contribution < 1.29 is 23.8 Å². The molecular weight excluding hydrogens is 286 g/mol. The van der Waals surface area contributed by atoms with Crippen molar-refractivity contribution in [2.75, 3.05) is 6.61 Å². The minimum Gasteiger partial charge on any atom is -0.447 e. The van der Waals surface area contributed by atoms with Gasteiger partial charge in [-0.15, -0.1) is 0 Å². The summed E-state index contributed by atoms with van der Waals surface area (Å²) in [5.74, 6) is -0.762. The molecule has 6 nitrogen and oxygen atoms in total. The Morgan fingerprint density at radius 1 is 1.09 bits per heavy atom. The van der Waals surface area contributed by atoms with Crippen LogP contribution in [0.25, 0.3) is 0 Å². The number of rotatable bonds is 7. The van der Waals surface area contributed by atoms with E-state index in [1.165, 1.54) is 4.90 Å². The molecule has 2 amide bonds. The zero-order chi connectivity index (χ0) is 17.0. The fourth-order valence-corrected chi connectivity index (χ4v) is 2.32. The van der Waals surface area contributed by atoms with Gasteiger partial charge in [0.2, 0.25) is 5.91 Å². The van der Waals surface area contributed by atoms with E-state index >= 15 is 0 Å². The number of hydrogen-bond donors (Lipinski definition) is 0. The Kier molecular flexibility index (Phi) is 6.81. The number of nitrogens with zero attached hydrogens (tertiary/aromatic N) is 1. The molecule has 6 heteroatoms. The molecule has 1 aliphatic heterocycles. The van der Waals surface area contributed by atoms with Crippen LogP contribution in [-0.4, -0.2) is 48.0 Å². The van der Waals surface area contributed by atoms with Gasteiger partial charge in [0, 0.05) is 0 Å². The van der Waals surface area contributed by atoms with Gasteiger partial charge in [-0.3, -0.25) is 4.79 Å². The molecule has 1 fully saturated rings. The van der Waals surface area contributed by atoms with E-state index in [-0.39, 0.29) is 36.7 Å². The average molecular weight is 315 g/mol. The average Bonchev–Trinajstić information content (AvgIpc) is 2.77. The van der Waals surface area contributed by atoms with E-state index in [4.69, 9.17) is 14.2 Å². The molecule has 0 spiro atoms. The molecule has 0 saturated carbocycles. The first-order valence-electron chi connectivity index (χ1n) is 7.95. The summed E-state index contributed by atoms with van der Waals surface area (Å²) in [6.07, 6.45) is -1.42. The Hall–Kier alpha value is -1.14. The zero-order valence-corrected chi connectivity index (χ0v) is 14.7. The molecular formula is C16H29NO5. The number of carbonyl (C=O) groups is 2. The van der Waals surface area contributed by atoms with E-state index in [2.05, 4.69) is 0 Å². The first kappa shape index (κ1) is 18.9. The van der Waals surface area contributed by atoms with E-state index in [9.17, 15) is 9.59 Å². The molecule has 0 aromatic carbocycles. The number of imide groups is 1. The van der Waals surface area contributed by atoms with Crippen molar-refractivity contribution >= 4 is 12.0 Å². The van der Waals surface area contributed by atoms with Crippen LogP contribution in [0.2, 0.25) is 0 Å². The molecule has 0 unspecified atom stereocenters. The SMILES string of the molecule is CC(C)OC(OC(C)C)[C@H](C)C(=O)N1C(=O)OC[C@@H]1C(C)C. The first-order chi connectivity index (χ1) is 10.1. The summed E-state index contributed by atoms with van der Waals surface area (Å²) in [5, 5.41) is 0. The summed E-state index contributed by atoms with van der Waals surface area (Å²) in [6, 6.07) is -0.235. The highest BCUT2D eigenvalue weighted by Gasteiger charge is 2.43.